The van der Waals surface area contributed by atoms with E-state index in [-0.39, 0.29) is 18.3 Å². The van der Waals surface area contributed by atoms with Crippen LogP contribution in [0.2, 0.25) is 10.0 Å². The predicted molar refractivity (Wildman–Crippen MR) is 139 cm³/mol. The number of aromatic nitrogens is 1. The van der Waals surface area contributed by atoms with Gasteiger partial charge in [-0.25, -0.2) is 4.98 Å². The summed E-state index contributed by atoms with van der Waals surface area (Å²) in [7, 11) is 0. The zero-order chi connectivity index (χ0) is 21.7. The van der Waals surface area contributed by atoms with Gasteiger partial charge in [-0.3, -0.25) is 9.69 Å². The number of anilines is 1. The summed E-state index contributed by atoms with van der Waals surface area (Å²) in [4.78, 5) is 23.1. The van der Waals surface area contributed by atoms with Gasteiger partial charge in [0.2, 0.25) is 5.91 Å². The predicted octanol–water partition coefficient (Wildman–Crippen LogP) is 6.80. The van der Waals surface area contributed by atoms with Gasteiger partial charge in [-0.05, 0) is 55.9 Å². The highest BCUT2D eigenvalue weighted by molar-refractivity contribution is 8.00. The molecule has 1 heterocycles. The maximum absolute atomic E-state index is 13.2. The zero-order valence-electron chi connectivity index (χ0n) is 17.7. The second-order valence-corrected chi connectivity index (χ2v) is 9.72. The molecule has 0 bridgehead atoms. The number of hydrogen-bond donors (Lipinski definition) is 0. The maximum Gasteiger partial charge on any atom is 0.239 e. The molecule has 0 fully saturated rings. The lowest BCUT2D eigenvalue weighted by molar-refractivity contribution is -0.116. The molecule has 0 saturated heterocycles. The number of rotatable bonds is 9. The molecular formula is C22H26Cl3N3OS2. The van der Waals surface area contributed by atoms with E-state index in [4.69, 9.17) is 28.2 Å². The second-order valence-electron chi connectivity index (χ2n) is 6.85. The highest BCUT2D eigenvalue weighted by Crippen LogP contribution is 2.36. The van der Waals surface area contributed by atoms with Crippen molar-refractivity contribution in [3.05, 3.63) is 52.0 Å². The number of nitrogens with zero attached hydrogens (tertiary/aromatic N) is 3. The summed E-state index contributed by atoms with van der Waals surface area (Å²) in [5.41, 5.74) is 1.93. The van der Waals surface area contributed by atoms with E-state index in [0.717, 1.165) is 40.3 Å². The molecule has 1 aromatic heterocycles. The lowest BCUT2D eigenvalue weighted by atomic mass is 10.2. The van der Waals surface area contributed by atoms with Crippen molar-refractivity contribution in [1.82, 2.24) is 9.88 Å². The minimum absolute atomic E-state index is 0. The van der Waals surface area contributed by atoms with Crippen LogP contribution in [0.3, 0.4) is 0 Å². The molecule has 0 aliphatic rings. The van der Waals surface area contributed by atoms with Crippen molar-refractivity contribution in [1.29, 1.82) is 0 Å². The van der Waals surface area contributed by atoms with Crippen LogP contribution in [0.25, 0.3) is 10.2 Å². The summed E-state index contributed by atoms with van der Waals surface area (Å²) < 4.78 is 0.928. The third-order valence-electron chi connectivity index (χ3n) is 4.93. The van der Waals surface area contributed by atoms with Crippen molar-refractivity contribution in [2.45, 2.75) is 25.7 Å². The summed E-state index contributed by atoms with van der Waals surface area (Å²) in [5.74, 6) is 0.373. The summed E-state index contributed by atoms with van der Waals surface area (Å²) in [6.07, 6.45) is 0. The third-order valence-corrected chi connectivity index (χ3v) is 7.72. The average molecular weight is 519 g/mol. The number of likely N-dealkylation sites (N-methyl/N-ethyl adjacent to an activating group) is 1. The van der Waals surface area contributed by atoms with Gasteiger partial charge in [-0.2, -0.15) is 0 Å². The van der Waals surface area contributed by atoms with Gasteiger partial charge in [0, 0.05) is 23.0 Å². The van der Waals surface area contributed by atoms with Crippen molar-refractivity contribution >= 4 is 80.0 Å². The van der Waals surface area contributed by atoms with Crippen LogP contribution < -0.4 is 4.90 Å². The first-order valence-corrected chi connectivity index (χ1v) is 12.5. The molecule has 0 unspecified atom stereocenters. The van der Waals surface area contributed by atoms with Crippen LogP contribution in [0.5, 0.6) is 0 Å². The number of halogens is 3. The Balaban J connectivity index is 0.00000341. The van der Waals surface area contributed by atoms with Crippen molar-refractivity contribution in [2.75, 3.05) is 36.8 Å². The van der Waals surface area contributed by atoms with Gasteiger partial charge in [0.25, 0.3) is 0 Å². The van der Waals surface area contributed by atoms with Crippen LogP contribution in [0.15, 0.2) is 41.3 Å². The Kier molecular flexibility index (Phi) is 10.4. The van der Waals surface area contributed by atoms with Crippen LogP contribution in [-0.2, 0) is 4.79 Å². The molecule has 2 aromatic carbocycles. The number of thiazole rings is 1. The monoisotopic (exact) mass is 517 g/mol. The molecular weight excluding hydrogens is 493 g/mol. The third kappa shape index (κ3) is 6.73. The molecule has 168 valence electrons. The lowest BCUT2D eigenvalue weighted by Crippen LogP contribution is -2.39. The Bertz CT molecular complexity index is 968. The second kappa shape index (κ2) is 12.3. The van der Waals surface area contributed by atoms with E-state index in [0.29, 0.717) is 27.5 Å². The Hall–Kier alpha value is -1.02. The highest BCUT2D eigenvalue weighted by Gasteiger charge is 2.22. The number of amides is 1. The van der Waals surface area contributed by atoms with Gasteiger partial charge in [0.05, 0.1) is 21.0 Å². The number of fused-ring (bicyclic) bond motifs is 1. The van der Waals surface area contributed by atoms with E-state index in [1.165, 1.54) is 23.1 Å². The molecule has 0 saturated carbocycles. The largest absolute Gasteiger partial charge is 0.302 e. The van der Waals surface area contributed by atoms with Crippen LogP contribution in [0.1, 0.15) is 19.4 Å². The number of thioether (sulfide) groups is 1. The van der Waals surface area contributed by atoms with E-state index in [1.54, 1.807) is 0 Å². The molecule has 0 atom stereocenters. The molecule has 4 nitrogen and oxygen atoms in total. The zero-order valence-corrected chi connectivity index (χ0v) is 21.7. The van der Waals surface area contributed by atoms with E-state index in [1.807, 2.05) is 48.2 Å². The molecule has 0 N–H and O–H groups in total. The smallest absolute Gasteiger partial charge is 0.239 e. The molecule has 0 aliphatic heterocycles. The summed E-state index contributed by atoms with van der Waals surface area (Å²) in [6.45, 7) is 9.57. The minimum Gasteiger partial charge on any atom is -0.302 e. The summed E-state index contributed by atoms with van der Waals surface area (Å²) in [5, 5.41) is 2.06. The van der Waals surface area contributed by atoms with Crippen molar-refractivity contribution in [3.8, 4) is 0 Å². The normalized spacial score (nSPS) is 11.0. The van der Waals surface area contributed by atoms with Crippen molar-refractivity contribution in [2.24, 2.45) is 0 Å². The van der Waals surface area contributed by atoms with Gasteiger partial charge in [0.1, 0.15) is 0 Å². The molecule has 31 heavy (non-hydrogen) atoms. The fourth-order valence-electron chi connectivity index (χ4n) is 3.07. The standard InChI is InChI=1S/C22H25Cl2N3OS2.ClH/c1-4-26(5-2)12-13-27(19(28)14-29-17-9-7-16(23)8-10-17)22-25-20-15(3)6-11-18(24)21(20)30-22;/h6-11H,4-5,12-14H2,1-3H3;1H. The first kappa shape index (κ1) is 26.2. The van der Waals surface area contributed by atoms with E-state index in [2.05, 4.69) is 18.7 Å². The number of carbonyl (C=O) groups excluding carboxylic acids is 1. The van der Waals surface area contributed by atoms with Gasteiger partial charge in [-0.1, -0.05) is 54.5 Å². The molecule has 1 amide bonds. The van der Waals surface area contributed by atoms with Crippen molar-refractivity contribution in [3.63, 3.8) is 0 Å². The minimum atomic E-state index is 0. The Labute approximate surface area is 208 Å². The number of benzene rings is 2. The molecule has 0 aliphatic carbocycles. The van der Waals surface area contributed by atoms with Gasteiger partial charge >= 0.3 is 0 Å². The molecule has 0 radical (unpaired) electrons. The molecule has 3 rings (SSSR count). The molecule has 3 aromatic rings. The van der Waals surface area contributed by atoms with Crippen LogP contribution in [0.4, 0.5) is 5.13 Å². The lowest BCUT2D eigenvalue weighted by Gasteiger charge is -2.24. The van der Waals surface area contributed by atoms with Gasteiger partial charge in [-0.15, -0.1) is 24.2 Å². The van der Waals surface area contributed by atoms with Crippen LogP contribution in [0, 0.1) is 6.92 Å². The first-order chi connectivity index (χ1) is 14.4. The van der Waals surface area contributed by atoms with Crippen molar-refractivity contribution < 1.29 is 4.79 Å². The highest BCUT2D eigenvalue weighted by atomic mass is 35.5. The van der Waals surface area contributed by atoms with Gasteiger partial charge < -0.3 is 4.90 Å². The summed E-state index contributed by atoms with van der Waals surface area (Å²) in [6, 6.07) is 11.4. The topological polar surface area (TPSA) is 36.4 Å². The number of aryl methyl sites for hydroxylation is 1. The van der Waals surface area contributed by atoms with E-state index < -0.39 is 0 Å². The fourth-order valence-corrected chi connectivity index (χ4v) is 5.33. The van der Waals surface area contributed by atoms with E-state index in [9.17, 15) is 4.79 Å². The van der Waals surface area contributed by atoms with Gasteiger partial charge in [0.15, 0.2) is 5.13 Å². The SMILES string of the molecule is CCN(CC)CCN(C(=O)CSc1ccc(Cl)cc1)c1nc2c(C)ccc(Cl)c2s1.Cl. The summed E-state index contributed by atoms with van der Waals surface area (Å²) >= 11 is 15.3. The maximum atomic E-state index is 13.2. The van der Waals surface area contributed by atoms with Crippen LogP contribution in [-0.4, -0.2) is 47.7 Å². The molecule has 0 spiro atoms. The number of carbonyl (C=O) groups is 1. The Morgan fingerprint density at radius 1 is 1.06 bits per heavy atom. The van der Waals surface area contributed by atoms with E-state index >= 15 is 0 Å². The number of hydrogen-bond acceptors (Lipinski definition) is 5. The average Bonchev–Trinajstić information content (AvgIpc) is 3.20. The molecule has 9 heteroatoms. The Morgan fingerprint density at radius 2 is 1.74 bits per heavy atom. The quantitative estimate of drug-likeness (QED) is 0.292. The fraction of sp³-hybridized carbons (Fsp3) is 0.364. The van der Waals surface area contributed by atoms with Crippen LogP contribution >= 0.6 is 58.7 Å². The first-order valence-electron chi connectivity index (χ1n) is 9.89. The Morgan fingerprint density at radius 3 is 2.35 bits per heavy atom.